The first-order valence-corrected chi connectivity index (χ1v) is 14.6. The van der Waals surface area contributed by atoms with Gasteiger partial charge in [0.05, 0.1) is 23.3 Å². The number of carbonyl (C=O) groups excluding carboxylic acids is 1. The average Bonchev–Trinajstić information content (AvgIpc) is 3.61. The summed E-state index contributed by atoms with van der Waals surface area (Å²) >= 11 is 0. The van der Waals surface area contributed by atoms with E-state index in [0.717, 1.165) is 17.2 Å². The number of hydrogen-bond donors (Lipinski definition) is 3. The number of nitrogens with two attached hydrogens (primary N) is 1. The van der Waals surface area contributed by atoms with Crippen LogP contribution in [-0.2, 0) is 16.6 Å². The smallest absolute Gasteiger partial charge is 0.288 e. The molecule has 41 heavy (non-hydrogen) atoms. The van der Waals surface area contributed by atoms with Gasteiger partial charge in [-0.05, 0) is 49.6 Å². The second-order valence-electron chi connectivity index (χ2n) is 10.2. The zero-order valence-electron chi connectivity index (χ0n) is 22.8. The first kappa shape index (κ1) is 28.3. The van der Waals surface area contributed by atoms with Crippen LogP contribution in [0.3, 0.4) is 0 Å². The molecule has 2 aromatic carbocycles. The monoisotopic (exact) mass is 582 g/mol. The molecule has 0 spiro atoms. The summed E-state index contributed by atoms with van der Waals surface area (Å²) in [6.07, 6.45) is 2.37. The quantitative estimate of drug-likeness (QED) is 0.289. The van der Waals surface area contributed by atoms with Crippen molar-refractivity contribution in [2.24, 2.45) is 0 Å². The van der Waals surface area contributed by atoms with E-state index < -0.39 is 32.6 Å². The average molecular weight is 583 g/mol. The molecule has 1 atom stereocenters. The zero-order valence-corrected chi connectivity index (χ0v) is 23.7. The number of nitrogen functional groups attached to an aromatic ring is 1. The Morgan fingerprint density at radius 1 is 1.24 bits per heavy atom. The van der Waals surface area contributed by atoms with Crippen molar-refractivity contribution in [3.63, 3.8) is 0 Å². The maximum Gasteiger partial charge on any atom is 0.288 e. The lowest BCUT2D eigenvalue weighted by Gasteiger charge is -2.19. The maximum atomic E-state index is 13.7. The summed E-state index contributed by atoms with van der Waals surface area (Å²) in [6.45, 7) is 4.10. The number of ether oxygens (including phenoxy) is 1. The number of benzene rings is 2. The minimum atomic E-state index is -3.43. The Morgan fingerprint density at radius 3 is 2.66 bits per heavy atom. The van der Waals surface area contributed by atoms with Crippen LogP contribution in [0.4, 0.5) is 10.2 Å². The Hall–Kier alpha value is -4.23. The number of anilines is 1. The highest BCUT2D eigenvalue weighted by Gasteiger charge is 2.35. The van der Waals surface area contributed by atoms with Crippen molar-refractivity contribution in [1.29, 1.82) is 0 Å². The minimum absolute atomic E-state index is 0.0943. The maximum absolute atomic E-state index is 13.7. The molecule has 1 aliphatic rings. The summed E-state index contributed by atoms with van der Waals surface area (Å²) in [7, 11) is -2.02. The fourth-order valence-corrected chi connectivity index (χ4v) is 6.48. The number of aromatic nitrogens is 3. The summed E-state index contributed by atoms with van der Waals surface area (Å²) in [5.74, 6) is -0.599. The number of H-pyrrole nitrogens is 1. The van der Waals surface area contributed by atoms with E-state index >= 15 is 0 Å². The number of halogens is 1. The molecular weight excluding hydrogens is 551 g/mol. The van der Waals surface area contributed by atoms with Crippen LogP contribution in [-0.4, -0.2) is 58.8 Å². The van der Waals surface area contributed by atoms with Crippen LogP contribution < -0.4 is 21.3 Å². The Balaban J connectivity index is 1.42. The lowest BCUT2D eigenvalue weighted by Crippen LogP contribution is -2.34. The molecule has 2 aromatic heterocycles. The topological polar surface area (TPSA) is 152 Å². The third kappa shape index (κ3) is 5.30. The number of amides is 1. The molecule has 5 rings (SSSR count). The number of fused-ring (bicyclic) bond motifs is 1. The Bertz CT molecular complexity index is 1780. The predicted molar refractivity (Wildman–Crippen MR) is 154 cm³/mol. The molecular formula is C28H31FN6O5S. The molecule has 1 amide bonds. The standard InChI is InChI=1S/C28H31FN6O5S/c1-16(2)41(38,39)34-11-10-20(14-34)35-15-22(24-25(35)28(37)33-32-26(24)30)18-6-4-17(5-7-18)13-31-27(36)21-12-19(29)8-9-23(21)40-3/h4-9,12,15-16,20H,10-11,13-14H2,1-3H3,(H2,30,32)(H,31,36)(H,33,37)/t20-/m1/s1. The number of hydrogen-bond acceptors (Lipinski definition) is 7. The molecule has 4 aromatic rings. The normalized spacial score (nSPS) is 16.0. The van der Waals surface area contributed by atoms with Gasteiger partial charge in [-0.1, -0.05) is 24.3 Å². The van der Waals surface area contributed by atoms with Gasteiger partial charge in [-0.2, -0.15) is 9.40 Å². The second-order valence-corrected chi connectivity index (χ2v) is 12.7. The fourth-order valence-electron chi connectivity index (χ4n) is 5.15. The SMILES string of the molecule is COc1ccc(F)cc1C(=O)NCc1ccc(-c2cn([C@@H]3CCN(S(=O)(=O)C(C)C)C3)c3c(=O)[nH]nc(N)c23)cc1. The molecule has 0 bridgehead atoms. The largest absolute Gasteiger partial charge is 0.496 e. The molecule has 216 valence electrons. The lowest BCUT2D eigenvalue weighted by atomic mass is 10.0. The molecule has 0 saturated carbocycles. The van der Waals surface area contributed by atoms with Gasteiger partial charge in [0.25, 0.3) is 11.5 Å². The van der Waals surface area contributed by atoms with Crippen molar-refractivity contribution >= 4 is 32.7 Å². The Labute approximate surface area is 236 Å². The Kier molecular flexibility index (Phi) is 7.58. The van der Waals surface area contributed by atoms with Gasteiger partial charge in [-0.25, -0.2) is 17.9 Å². The lowest BCUT2D eigenvalue weighted by molar-refractivity contribution is 0.0947. The van der Waals surface area contributed by atoms with Gasteiger partial charge in [0.1, 0.15) is 17.1 Å². The van der Waals surface area contributed by atoms with Crippen LogP contribution in [0, 0.1) is 5.82 Å². The van der Waals surface area contributed by atoms with E-state index in [9.17, 15) is 22.4 Å². The van der Waals surface area contributed by atoms with Crippen LogP contribution >= 0.6 is 0 Å². The third-order valence-electron chi connectivity index (χ3n) is 7.38. The summed E-state index contributed by atoms with van der Waals surface area (Å²) in [5, 5.41) is 9.11. The van der Waals surface area contributed by atoms with E-state index in [1.54, 1.807) is 18.4 Å². The van der Waals surface area contributed by atoms with Gasteiger partial charge in [0.15, 0.2) is 5.82 Å². The highest BCUT2D eigenvalue weighted by atomic mass is 32.2. The van der Waals surface area contributed by atoms with Crippen molar-refractivity contribution in [3.05, 3.63) is 76.0 Å². The fraction of sp³-hybridized carbons (Fsp3) is 0.321. The summed E-state index contributed by atoms with van der Waals surface area (Å²) in [4.78, 5) is 25.6. The third-order valence-corrected chi connectivity index (χ3v) is 9.62. The van der Waals surface area contributed by atoms with E-state index in [-0.39, 0.29) is 36.3 Å². The van der Waals surface area contributed by atoms with Crippen LogP contribution in [0.25, 0.3) is 22.0 Å². The van der Waals surface area contributed by atoms with Gasteiger partial charge in [0.2, 0.25) is 10.0 Å². The van der Waals surface area contributed by atoms with Crippen LogP contribution in [0.2, 0.25) is 0 Å². The van der Waals surface area contributed by atoms with Gasteiger partial charge in [0, 0.05) is 37.4 Å². The minimum Gasteiger partial charge on any atom is -0.496 e. The van der Waals surface area contributed by atoms with Crippen molar-refractivity contribution in [3.8, 4) is 16.9 Å². The molecule has 0 unspecified atom stereocenters. The summed E-state index contributed by atoms with van der Waals surface area (Å²) in [6, 6.07) is 10.8. The Morgan fingerprint density at radius 2 is 1.98 bits per heavy atom. The molecule has 1 aliphatic heterocycles. The summed E-state index contributed by atoms with van der Waals surface area (Å²) in [5.41, 5.74) is 8.47. The molecule has 3 heterocycles. The highest BCUT2D eigenvalue weighted by Crippen LogP contribution is 2.36. The molecule has 0 radical (unpaired) electrons. The van der Waals surface area contributed by atoms with Crippen molar-refractivity contribution < 1.29 is 22.3 Å². The molecule has 0 aliphatic carbocycles. The van der Waals surface area contributed by atoms with E-state index in [2.05, 4.69) is 15.5 Å². The number of nitrogens with one attached hydrogen (secondary N) is 2. The van der Waals surface area contributed by atoms with Gasteiger partial charge >= 0.3 is 0 Å². The predicted octanol–water partition coefficient (Wildman–Crippen LogP) is 3.04. The van der Waals surface area contributed by atoms with Crippen molar-refractivity contribution in [1.82, 2.24) is 24.4 Å². The summed E-state index contributed by atoms with van der Waals surface area (Å²) < 4.78 is 47.6. The number of rotatable bonds is 8. The first-order valence-electron chi connectivity index (χ1n) is 13.1. The van der Waals surface area contributed by atoms with Crippen LogP contribution in [0.1, 0.15) is 42.2 Å². The van der Waals surface area contributed by atoms with E-state index in [4.69, 9.17) is 10.5 Å². The van der Waals surface area contributed by atoms with Gasteiger partial charge in [-0.3, -0.25) is 9.59 Å². The molecule has 4 N–H and O–H groups in total. The number of methoxy groups -OCH3 is 1. The van der Waals surface area contributed by atoms with E-state index in [1.165, 1.54) is 23.5 Å². The molecule has 11 nitrogen and oxygen atoms in total. The highest BCUT2D eigenvalue weighted by molar-refractivity contribution is 7.89. The number of carbonyl (C=O) groups is 1. The first-order chi connectivity index (χ1) is 19.5. The van der Waals surface area contributed by atoms with E-state index in [1.807, 2.05) is 30.5 Å². The molecule has 13 heteroatoms. The van der Waals surface area contributed by atoms with Gasteiger partial charge in [-0.15, -0.1) is 0 Å². The number of sulfonamides is 1. The van der Waals surface area contributed by atoms with Crippen LogP contribution in [0.5, 0.6) is 5.75 Å². The van der Waals surface area contributed by atoms with Gasteiger partial charge < -0.3 is 20.4 Å². The van der Waals surface area contributed by atoms with Crippen molar-refractivity contribution in [2.45, 2.75) is 38.1 Å². The number of nitrogens with zero attached hydrogens (tertiary/aromatic N) is 3. The molecule has 1 fully saturated rings. The van der Waals surface area contributed by atoms with Crippen molar-refractivity contribution in [2.75, 3.05) is 25.9 Å². The zero-order chi connectivity index (χ0) is 29.5. The van der Waals surface area contributed by atoms with E-state index in [0.29, 0.717) is 29.4 Å². The number of aromatic amines is 1. The molecule has 1 saturated heterocycles. The van der Waals surface area contributed by atoms with Crippen LogP contribution in [0.15, 0.2) is 53.5 Å². The second kappa shape index (κ2) is 11.0.